The monoisotopic (exact) mass is 283 g/mol. The summed E-state index contributed by atoms with van der Waals surface area (Å²) in [4.78, 5) is 19.8. The van der Waals surface area contributed by atoms with Crippen molar-refractivity contribution >= 4 is 35.1 Å². The first-order valence-corrected chi connectivity index (χ1v) is 6.35. The van der Waals surface area contributed by atoms with Gasteiger partial charge < -0.3 is 5.32 Å². The smallest absolute Gasteiger partial charge is 0.238 e. The minimum absolute atomic E-state index is 0.161. The Hall–Kier alpha value is -1.60. The van der Waals surface area contributed by atoms with Crippen molar-refractivity contribution in [1.29, 1.82) is 0 Å². The summed E-state index contributed by atoms with van der Waals surface area (Å²) < 4.78 is 0. The van der Waals surface area contributed by atoms with Crippen LogP contribution in [-0.4, -0.2) is 31.3 Å². The number of aromatic amines is 1. The molecule has 1 amide bonds. The molecule has 0 unspecified atom stereocenters. The minimum atomic E-state index is -0.310. The van der Waals surface area contributed by atoms with E-state index < -0.39 is 0 Å². The fourth-order valence-electron chi connectivity index (χ4n) is 1.15. The number of H-pyrrole nitrogens is 1. The van der Waals surface area contributed by atoms with Gasteiger partial charge in [0.25, 0.3) is 0 Å². The van der Waals surface area contributed by atoms with Gasteiger partial charge in [0.15, 0.2) is 5.16 Å². The Morgan fingerprint density at radius 3 is 2.94 bits per heavy atom. The van der Waals surface area contributed by atoms with Crippen LogP contribution in [0, 0.1) is 0 Å². The second-order valence-electron chi connectivity index (χ2n) is 3.40. The number of nitrogens with zero attached hydrogens (tertiary/aromatic N) is 3. The van der Waals surface area contributed by atoms with Gasteiger partial charge in [0.2, 0.25) is 5.91 Å². The Bertz CT molecular complexity index is 516. The number of thioether (sulfide) groups is 1. The van der Waals surface area contributed by atoms with Crippen molar-refractivity contribution in [3.8, 4) is 0 Å². The lowest BCUT2D eigenvalue weighted by Gasteiger charge is -2.09. The lowest BCUT2D eigenvalue weighted by Crippen LogP contribution is -2.23. The molecule has 0 fully saturated rings. The number of anilines is 1. The number of aromatic nitrogens is 4. The van der Waals surface area contributed by atoms with Crippen molar-refractivity contribution in [2.24, 2.45) is 0 Å². The van der Waals surface area contributed by atoms with E-state index in [0.717, 1.165) is 0 Å². The second-order valence-corrected chi connectivity index (χ2v) is 5.17. The molecule has 0 saturated heterocycles. The third kappa shape index (κ3) is 3.44. The molecule has 0 aliphatic rings. The number of carbonyl (C=O) groups is 1. The Kier molecular flexibility index (Phi) is 4.16. The molecular formula is C10H10ClN5OS. The number of hydrogen-bond donors (Lipinski definition) is 2. The summed E-state index contributed by atoms with van der Waals surface area (Å²) in [6, 6.07) is 3.31. The van der Waals surface area contributed by atoms with Crippen molar-refractivity contribution in [1.82, 2.24) is 20.2 Å². The Labute approximate surface area is 113 Å². The van der Waals surface area contributed by atoms with Crippen LogP contribution >= 0.6 is 23.4 Å². The fraction of sp³-hybridized carbons (Fsp3) is 0.200. The van der Waals surface area contributed by atoms with Crippen LogP contribution in [0.2, 0.25) is 5.02 Å². The lowest BCUT2D eigenvalue weighted by atomic mass is 10.4. The maximum Gasteiger partial charge on any atom is 0.238 e. The largest absolute Gasteiger partial charge is 0.310 e. The number of hydrogen-bond acceptors (Lipinski definition) is 5. The molecule has 0 aliphatic carbocycles. The predicted octanol–water partition coefficient (Wildman–Crippen LogP) is 1.97. The van der Waals surface area contributed by atoms with Gasteiger partial charge in [-0.3, -0.25) is 9.89 Å². The van der Waals surface area contributed by atoms with Crippen molar-refractivity contribution < 1.29 is 4.79 Å². The molecular weight excluding hydrogens is 274 g/mol. The highest BCUT2D eigenvalue weighted by molar-refractivity contribution is 8.00. The molecule has 0 aliphatic heterocycles. The highest BCUT2D eigenvalue weighted by atomic mass is 35.5. The van der Waals surface area contributed by atoms with Crippen LogP contribution < -0.4 is 5.32 Å². The average Bonchev–Trinajstić information content (AvgIpc) is 2.85. The average molecular weight is 284 g/mol. The Morgan fingerprint density at radius 2 is 2.33 bits per heavy atom. The Morgan fingerprint density at radius 1 is 1.50 bits per heavy atom. The van der Waals surface area contributed by atoms with Gasteiger partial charge in [-0.2, -0.15) is 5.10 Å². The molecule has 2 rings (SSSR count). The van der Waals surface area contributed by atoms with E-state index in [0.29, 0.717) is 16.0 Å². The lowest BCUT2D eigenvalue weighted by molar-refractivity contribution is -0.115. The first-order valence-electron chi connectivity index (χ1n) is 5.09. The van der Waals surface area contributed by atoms with E-state index in [4.69, 9.17) is 11.6 Å². The molecule has 2 aromatic heterocycles. The molecule has 0 radical (unpaired) electrons. The van der Waals surface area contributed by atoms with E-state index in [2.05, 4.69) is 25.5 Å². The first-order chi connectivity index (χ1) is 8.65. The minimum Gasteiger partial charge on any atom is -0.310 e. The summed E-state index contributed by atoms with van der Waals surface area (Å²) in [5.41, 5.74) is 0. The number of nitrogens with one attached hydrogen (secondary N) is 2. The molecule has 0 aromatic carbocycles. The van der Waals surface area contributed by atoms with Crippen molar-refractivity contribution in [2.75, 3.05) is 5.32 Å². The molecule has 0 saturated carbocycles. The summed E-state index contributed by atoms with van der Waals surface area (Å²) in [6.45, 7) is 1.78. The van der Waals surface area contributed by atoms with Gasteiger partial charge in [-0.05, 0) is 19.1 Å². The van der Waals surface area contributed by atoms with Gasteiger partial charge >= 0.3 is 0 Å². The molecule has 0 spiro atoms. The van der Waals surface area contributed by atoms with Gasteiger partial charge in [0.1, 0.15) is 12.1 Å². The zero-order valence-electron chi connectivity index (χ0n) is 9.42. The maximum atomic E-state index is 11.9. The number of halogens is 1. The standard InChI is InChI=1S/C10H10ClN5OS/c1-6(18-10-13-5-14-16-10)9(17)15-8-3-2-7(11)4-12-8/h2-6H,1H3,(H,12,15,17)(H,13,14,16)/t6-/m0/s1. The molecule has 8 heteroatoms. The number of pyridine rings is 1. The van der Waals surface area contributed by atoms with Crippen LogP contribution in [0.4, 0.5) is 5.82 Å². The van der Waals surface area contributed by atoms with Crippen LogP contribution in [0.15, 0.2) is 29.8 Å². The fourth-order valence-corrected chi connectivity index (χ4v) is 1.98. The van der Waals surface area contributed by atoms with Crippen molar-refractivity contribution in [3.63, 3.8) is 0 Å². The van der Waals surface area contributed by atoms with E-state index in [1.807, 2.05) is 0 Å². The number of carbonyl (C=O) groups excluding carboxylic acids is 1. The summed E-state index contributed by atoms with van der Waals surface area (Å²) in [7, 11) is 0. The van der Waals surface area contributed by atoms with Crippen LogP contribution in [0.3, 0.4) is 0 Å². The summed E-state index contributed by atoms with van der Waals surface area (Å²) in [5, 5.41) is 9.90. The zero-order valence-corrected chi connectivity index (χ0v) is 11.0. The summed E-state index contributed by atoms with van der Waals surface area (Å²) in [6.07, 6.45) is 2.87. The van der Waals surface area contributed by atoms with E-state index in [9.17, 15) is 4.79 Å². The van der Waals surface area contributed by atoms with Crippen LogP contribution in [0.1, 0.15) is 6.92 Å². The van der Waals surface area contributed by atoms with Crippen LogP contribution in [0.25, 0.3) is 0 Å². The van der Waals surface area contributed by atoms with Gasteiger partial charge in [-0.15, -0.1) is 0 Å². The van der Waals surface area contributed by atoms with Gasteiger partial charge in [-0.1, -0.05) is 23.4 Å². The van der Waals surface area contributed by atoms with E-state index >= 15 is 0 Å². The highest BCUT2D eigenvalue weighted by Crippen LogP contribution is 2.19. The quantitative estimate of drug-likeness (QED) is 0.838. The SMILES string of the molecule is C[C@H](Sc1ncn[nH]1)C(=O)Nc1ccc(Cl)cn1. The van der Waals surface area contributed by atoms with Crippen LogP contribution in [-0.2, 0) is 4.79 Å². The second kappa shape index (κ2) is 5.83. The van der Waals surface area contributed by atoms with E-state index in [-0.39, 0.29) is 11.2 Å². The van der Waals surface area contributed by atoms with E-state index in [1.165, 1.54) is 24.3 Å². The van der Waals surface area contributed by atoms with Gasteiger partial charge in [0, 0.05) is 6.20 Å². The van der Waals surface area contributed by atoms with Gasteiger partial charge in [0.05, 0.1) is 10.3 Å². The Balaban J connectivity index is 1.93. The highest BCUT2D eigenvalue weighted by Gasteiger charge is 2.16. The molecule has 2 aromatic rings. The topological polar surface area (TPSA) is 83.6 Å². The molecule has 1 atom stereocenters. The van der Waals surface area contributed by atoms with Crippen LogP contribution in [0.5, 0.6) is 0 Å². The number of rotatable bonds is 4. The third-order valence-corrected chi connectivity index (χ3v) is 3.24. The molecule has 6 nitrogen and oxygen atoms in total. The maximum absolute atomic E-state index is 11.9. The first kappa shape index (κ1) is 12.8. The summed E-state index contributed by atoms with van der Waals surface area (Å²) >= 11 is 6.99. The molecule has 94 valence electrons. The molecule has 2 heterocycles. The predicted molar refractivity (Wildman–Crippen MR) is 69.6 cm³/mol. The third-order valence-electron chi connectivity index (χ3n) is 2.03. The normalized spacial score (nSPS) is 12.1. The van der Waals surface area contributed by atoms with Crippen molar-refractivity contribution in [3.05, 3.63) is 29.7 Å². The summed E-state index contributed by atoms with van der Waals surface area (Å²) in [5.74, 6) is 0.306. The van der Waals surface area contributed by atoms with E-state index in [1.54, 1.807) is 19.1 Å². The molecule has 0 bridgehead atoms. The van der Waals surface area contributed by atoms with Gasteiger partial charge in [-0.25, -0.2) is 9.97 Å². The molecule has 2 N–H and O–H groups in total. The molecule has 18 heavy (non-hydrogen) atoms. The van der Waals surface area contributed by atoms with Crippen molar-refractivity contribution in [2.45, 2.75) is 17.3 Å². The zero-order chi connectivity index (χ0) is 13.0. The number of amides is 1.